The fourth-order valence-corrected chi connectivity index (χ4v) is 5.06. The summed E-state index contributed by atoms with van der Waals surface area (Å²) in [5.41, 5.74) is 1.17. The average Bonchev–Trinajstić information content (AvgIpc) is 2.68. The Morgan fingerprint density at radius 3 is 2.30 bits per heavy atom. The number of carboxylic acids is 1. The Balaban J connectivity index is 1.45. The summed E-state index contributed by atoms with van der Waals surface area (Å²) in [6.45, 7) is 0. The lowest BCUT2D eigenvalue weighted by Crippen LogP contribution is -2.25. The number of halogens is 1. The van der Waals surface area contributed by atoms with Gasteiger partial charge in [0, 0.05) is 6.08 Å². The van der Waals surface area contributed by atoms with Crippen LogP contribution in [0.1, 0.15) is 74.8 Å². The van der Waals surface area contributed by atoms with Crippen LogP contribution in [0.25, 0.3) is 0 Å². The van der Waals surface area contributed by atoms with E-state index in [1.54, 1.807) is 18.2 Å². The van der Waals surface area contributed by atoms with Crippen molar-refractivity contribution in [3.8, 4) is 6.07 Å². The van der Waals surface area contributed by atoms with Crippen molar-refractivity contribution < 1.29 is 14.3 Å². The molecule has 2 aliphatic carbocycles. The van der Waals surface area contributed by atoms with Gasteiger partial charge in [0.05, 0.1) is 5.56 Å². The second-order valence-electron chi connectivity index (χ2n) is 8.22. The summed E-state index contributed by atoms with van der Waals surface area (Å²) in [6.07, 6.45) is 13.5. The molecule has 3 nitrogen and oxygen atoms in total. The second-order valence-corrected chi connectivity index (χ2v) is 8.22. The molecule has 0 bridgehead atoms. The van der Waals surface area contributed by atoms with E-state index < -0.39 is 11.8 Å². The third-order valence-corrected chi connectivity index (χ3v) is 6.64. The molecule has 0 atom stereocenters. The van der Waals surface area contributed by atoms with Crippen molar-refractivity contribution >= 4 is 5.97 Å². The molecule has 1 aromatic rings. The van der Waals surface area contributed by atoms with Crippen molar-refractivity contribution in [3.05, 3.63) is 47.3 Å². The lowest BCUT2D eigenvalue weighted by atomic mass is 9.68. The van der Waals surface area contributed by atoms with E-state index in [-0.39, 0.29) is 5.56 Å². The minimum Gasteiger partial charge on any atom is -0.478 e. The van der Waals surface area contributed by atoms with Crippen molar-refractivity contribution in [1.82, 2.24) is 0 Å². The fraction of sp³-hybridized carbons (Fsp3) is 0.565. The quantitative estimate of drug-likeness (QED) is 0.666. The molecule has 1 aromatic carbocycles. The average molecular weight is 369 g/mol. The van der Waals surface area contributed by atoms with Crippen molar-refractivity contribution in [2.45, 2.75) is 63.7 Å². The Hall–Kier alpha value is -2.15. The van der Waals surface area contributed by atoms with Crippen molar-refractivity contribution in [2.24, 2.45) is 17.8 Å². The number of carboxylic acid groups (broad SMARTS) is 1. The molecule has 2 fully saturated rings. The fourth-order valence-electron chi connectivity index (χ4n) is 5.06. The summed E-state index contributed by atoms with van der Waals surface area (Å²) in [6, 6.07) is 6.97. The molecule has 27 heavy (non-hydrogen) atoms. The van der Waals surface area contributed by atoms with Crippen LogP contribution in [0.2, 0.25) is 0 Å². The first-order chi connectivity index (χ1) is 13.1. The molecule has 4 heteroatoms. The molecule has 1 N–H and O–H groups in total. The molecular weight excluding hydrogens is 341 g/mol. The predicted molar refractivity (Wildman–Crippen MR) is 103 cm³/mol. The largest absolute Gasteiger partial charge is 0.478 e. The van der Waals surface area contributed by atoms with Gasteiger partial charge >= 0.3 is 5.97 Å². The van der Waals surface area contributed by atoms with E-state index >= 15 is 0 Å². The van der Waals surface area contributed by atoms with Crippen LogP contribution in [-0.2, 0) is 4.79 Å². The van der Waals surface area contributed by atoms with Gasteiger partial charge < -0.3 is 5.11 Å². The SMILES string of the molecule is N#Cc1ccc([C@H]2CC[C@H]([C@H]3CC[C@H](C/C=C/C(=O)O)CC3)CC2)cc1F. The molecule has 144 valence electrons. The number of aliphatic carboxylic acids is 1. The minimum atomic E-state index is -0.859. The smallest absolute Gasteiger partial charge is 0.327 e. The lowest BCUT2D eigenvalue weighted by molar-refractivity contribution is -0.131. The van der Waals surface area contributed by atoms with Crippen molar-refractivity contribution in [2.75, 3.05) is 0 Å². The third-order valence-electron chi connectivity index (χ3n) is 6.64. The zero-order chi connectivity index (χ0) is 19.2. The summed E-state index contributed by atoms with van der Waals surface area (Å²) in [5, 5.41) is 17.5. The minimum absolute atomic E-state index is 0.127. The van der Waals surface area contributed by atoms with Gasteiger partial charge in [-0.2, -0.15) is 5.26 Å². The highest BCUT2D eigenvalue weighted by molar-refractivity contribution is 5.79. The number of carbonyl (C=O) groups is 1. The van der Waals surface area contributed by atoms with E-state index in [4.69, 9.17) is 10.4 Å². The maximum absolute atomic E-state index is 13.9. The summed E-state index contributed by atoms with van der Waals surface area (Å²) < 4.78 is 13.9. The number of allylic oxidation sites excluding steroid dienone is 1. The number of hydrogen-bond donors (Lipinski definition) is 1. The van der Waals surface area contributed by atoms with E-state index in [0.29, 0.717) is 11.8 Å². The van der Waals surface area contributed by atoms with E-state index in [1.165, 1.54) is 44.6 Å². The van der Waals surface area contributed by atoms with Gasteiger partial charge in [0.2, 0.25) is 0 Å². The topological polar surface area (TPSA) is 61.1 Å². The molecule has 0 aromatic heterocycles. The van der Waals surface area contributed by atoms with Gasteiger partial charge in [-0.05, 0) is 99.2 Å². The Morgan fingerprint density at radius 1 is 1.11 bits per heavy atom. The number of rotatable bonds is 5. The van der Waals surface area contributed by atoms with Crippen LogP contribution >= 0.6 is 0 Å². The molecule has 0 amide bonds. The van der Waals surface area contributed by atoms with Crippen LogP contribution in [0.5, 0.6) is 0 Å². The van der Waals surface area contributed by atoms with Gasteiger partial charge in [-0.3, -0.25) is 0 Å². The number of nitrogens with zero attached hydrogens (tertiary/aromatic N) is 1. The standard InChI is InChI=1S/C23H28FNO2/c24-22-14-20(12-13-21(22)15-25)19-10-8-18(9-11-19)17-6-4-16(5-7-17)2-1-3-23(26)27/h1,3,12-14,16-19H,2,4-11H2,(H,26,27)/b3-1+/t16-,17-,18-,19-. The van der Waals surface area contributed by atoms with Gasteiger partial charge in [0.1, 0.15) is 11.9 Å². The Bertz CT molecular complexity index is 720. The normalized spacial score (nSPS) is 28.7. The Labute approximate surface area is 160 Å². The number of benzene rings is 1. The van der Waals surface area contributed by atoms with Crippen molar-refractivity contribution in [1.29, 1.82) is 5.26 Å². The lowest BCUT2D eigenvalue weighted by Gasteiger charge is -2.38. The first-order valence-electron chi connectivity index (χ1n) is 10.2. The third kappa shape index (κ3) is 5.19. The first kappa shape index (κ1) is 19.6. The van der Waals surface area contributed by atoms with Gasteiger partial charge in [-0.25, -0.2) is 9.18 Å². The van der Waals surface area contributed by atoms with Gasteiger partial charge in [-0.1, -0.05) is 12.1 Å². The van der Waals surface area contributed by atoms with E-state index in [9.17, 15) is 9.18 Å². The maximum atomic E-state index is 13.9. The van der Waals surface area contributed by atoms with Crippen LogP contribution in [0.3, 0.4) is 0 Å². The molecule has 0 radical (unpaired) electrons. The number of hydrogen-bond acceptors (Lipinski definition) is 2. The van der Waals surface area contributed by atoms with Gasteiger partial charge in [-0.15, -0.1) is 0 Å². The highest BCUT2D eigenvalue weighted by atomic mass is 19.1. The molecule has 3 rings (SSSR count). The van der Waals surface area contributed by atoms with E-state index in [1.807, 2.05) is 12.1 Å². The van der Waals surface area contributed by atoms with E-state index in [2.05, 4.69) is 0 Å². The van der Waals surface area contributed by atoms with Crippen LogP contribution in [0, 0.1) is 34.9 Å². The maximum Gasteiger partial charge on any atom is 0.327 e. The van der Waals surface area contributed by atoms with Gasteiger partial charge in [0.15, 0.2) is 0 Å². The molecule has 0 spiro atoms. The Morgan fingerprint density at radius 2 is 1.74 bits per heavy atom. The van der Waals surface area contributed by atoms with Crippen LogP contribution in [0.15, 0.2) is 30.4 Å². The summed E-state index contributed by atoms with van der Waals surface area (Å²) in [5.74, 6) is 1.37. The predicted octanol–water partition coefficient (Wildman–Crippen LogP) is 5.81. The van der Waals surface area contributed by atoms with Crippen LogP contribution < -0.4 is 0 Å². The zero-order valence-corrected chi connectivity index (χ0v) is 15.7. The molecule has 0 heterocycles. The molecule has 2 saturated carbocycles. The highest BCUT2D eigenvalue weighted by Gasteiger charge is 2.31. The van der Waals surface area contributed by atoms with Crippen LogP contribution in [0.4, 0.5) is 4.39 Å². The summed E-state index contributed by atoms with van der Waals surface area (Å²) in [7, 11) is 0. The highest BCUT2D eigenvalue weighted by Crippen LogP contribution is 2.44. The van der Waals surface area contributed by atoms with Gasteiger partial charge in [0.25, 0.3) is 0 Å². The molecule has 2 aliphatic rings. The zero-order valence-electron chi connectivity index (χ0n) is 15.7. The number of nitriles is 1. The van der Waals surface area contributed by atoms with E-state index in [0.717, 1.165) is 36.7 Å². The molecular formula is C23H28FNO2. The van der Waals surface area contributed by atoms with Crippen LogP contribution in [-0.4, -0.2) is 11.1 Å². The second kappa shape index (κ2) is 9.17. The summed E-state index contributed by atoms with van der Waals surface area (Å²) >= 11 is 0. The monoisotopic (exact) mass is 369 g/mol. The summed E-state index contributed by atoms with van der Waals surface area (Å²) in [4.78, 5) is 10.6. The first-order valence-corrected chi connectivity index (χ1v) is 10.2. The van der Waals surface area contributed by atoms with Crippen molar-refractivity contribution in [3.63, 3.8) is 0 Å². The Kier molecular flexibility index (Phi) is 6.66. The molecule has 0 aliphatic heterocycles. The molecule has 0 saturated heterocycles. The molecule has 0 unspecified atom stereocenters.